The molecule has 0 amide bonds. The summed E-state index contributed by atoms with van der Waals surface area (Å²) in [5.74, 6) is 0.383. The smallest absolute Gasteiger partial charge is 0.151 e. The predicted octanol–water partition coefficient (Wildman–Crippen LogP) is 1.09. The molecule has 0 radical (unpaired) electrons. The molecule has 1 aliphatic heterocycles. The largest absolute Gasteiger partial charge is 0.313 e. The van der Waals surface area contributed by atoms with Crippen molar-refractivity contribution in [3.05, 3.63) is 0 Å². The summed E-state index contributed by atoms with van der Waals surface area (Å²) in [5, 5.41) is 6.48. The molecule has 1 unspecified atom stereocenters. The SMILES string of the molecule is CCCCCCC(=O)C1CNCCN1. The Labute approximate surface area is 86.6 Å². The number of piperazine rings is 1. The number of carbonyl (C=O) groups excluding carboxylic acids is 1. The number of ketones is 1. The molecule has 1 saturated heterocycles. The van der Waals surface area contributed by atoms with E-state index in [1.165, 1.54) is 19.3 Å². The number of nitrogens with one attached hydrogen (secondary N) is 2. The molecule has 3 nitrogen and oxygen atoms in total. The molecule has 1 fully saturated rings. The number of hydrogen-bond donors (Lipinski definition) is 2. The topological polar surface area (TPSA) is 41.1 Å². The fourth-order valence-electron chi connectivity index (χ4n) is 1.78. The molecular formula is C11H22N2O. The van der Waals surface area contributed by atoms with Gasteiger partial charge in [-0.05, 0) is 6.42 Å². The van der Waals surface area contributed by atoms with Crippen molar-refractivity contribution in [3.8, 4) is 0 Å². The van der Waals surface area contributed by atoms with Gasteiger partial charge in [0.2, 0.25) is 0 Å². The van der Waals surface area contributed by atoms with E-state index in [1.807, 2.05) is 0 Å². The summed E-state index contributed by atoms with van der Waals surface area (Å²) >= 11 is 0. The molecule has 0 spiro atoms. The van der Waals surface area contributed by atoms with Gasteiger partial charge >= 0.3 is 0 Å². The highest BCUT2D eigenvalue weighted by Gasteiger charge is 2.18. The first kappa shape index (κ1) is 11.7. The highest BCUT2D eigenvalue weighted by atomic mass is 16.1. The first-order valence-corrected chi connectivity index (χ1v) is 5.81. The van der Waals surface area contributed by atoms with Gasteiger partial charge in [-0.15, -0.1) is 0 Å². The van der Waals surface area contributed by atoms with Gasteiger partial charge in [0, 0.05) is 26.1 Å². The van der Waals surface area contributed by atoms with Gasteiger partial charge in [0.1, 0.15) is 0 Å². The maximum atomic E-state index is 11.7. The molecule has 1 aliphatic rings. The van der Waals surface area contributed by atoms with Gasteiger partial charge in [-0.25, -0.2) is 0 Å². The molecule has 1 atom stereocenters. The third-order valence-corrected chi connectivity index (χ3v) is 2.71. The average Bonchev–Trinajstić information content (AvgIpc) is 2.25. The first-order chi connectivity index (χ1) is 6.84. The van der Waals surface area contributed by atoms with Crippen molar-refractivity contribution in [3.63, 3.8) is 0 Å². The predicted molar refractivity (Wildman–Crippen MR) is 58.4 cm³/mol. The summed E-state index contributed by atoms with van der Waals surface area (Å²) in [5.41, 5.74) is 0. The van der Waals surface area contributed by atoms with E-state index >= 15 is 0 Å². The molecule has 14 heavy (non-hydrogen) atoms. The van der Waals surface area contributed by atoms with Crippen molar-refractivity contribution in [2.24, 2.45) is 0 Å². The van der Waals surface area contributed by atoms with Crippen molar-refractivity contribution in [2.45, 2.75) is 45.1 Å². The van der Waals surface area contributed by atoms with Gasteiger partial charge in [-0.2, -0.15) is 0 Å². The van der Waals surface area contributed by atoms with E-state index in [9.17, 15) is 4.79 Å². The molecular weight excluding hydrogens is 176 g/mol. The number of carbonyl (C=O) groups is 1. The highest BCUT2D eigenvalue weighted by molar-refractivity contribution is 5.84. The Bertz CT molecular complexity index is 165. The Hall–Kier alpha value is -0.410. The van der Waals surface area contributed by atoms with Crippen LogP contribution in [0, 0.1) is 0 Å². The number of unbranched alkanes of at least 4 members (excludes halogenated alkanes) is 3. The van der Waals surface area contributed by atoms with Crippen LogP contribution in [0.15, 0.2) is 0 Å². The Balaban J connectivity index is 2.07. The Morgan fingerprint density at radius 2 is 2.14 bits per heavy atom. The van der Waals surface area contributed by atoms with E-state index in [4.69, 9.17) is 0 Å². The third kappa shape index (κ3) is 4.20. The van der Waals surface area contributed by atoms with Crippen molar-refractivity contribution >= 4 is 5.78 Å². The molecule has 0 saturated carbocycles. The Kier molecular flexibility index (Phi) is 5.80. The van der Waals surface area contributed by atoms with Crippen molar-refractivity contribution in [2.75, 3.05) is 19.6 Å². The van der Waals surface area contributed by atoms with Crippen molar-refractivity contribution in [1.29, 1.82) is 0 Å². The van der Waals surface area contributed by atoms with Gasteiger partial charge in [-0.3, -0.25) is 4.79 Å². The van der Waals surface area contributed by atoms with Crippen LogP contribution in [0.1, 0.15) is 39.0 Å². The lowest BCUT2D eigenvalue weighted by Crippen LogP contribution is -2.52. The summed E-state index contributed by atoms with van der Waals surface area (Å²) in [7, 11) is 0. The lowest BCUT2D eigenvalue weighted by atomic mass is 10.0. The summed E-state index contributed by atoms with van der Waals surface area (Å²) in [6.07, 6.45) is 5.49. The molecule has 0 aromatic rings. The summed E-state index contributed by atoms with van der Waals surface area (Å²) in [6.45, 7) is 4.91. The van der Waals surface area contributed by atoms with Crippen LogP contribution in [-0.4, -0.2) is 31.5 Å². The number of Topliss-reactive ketones (excluding diaryl/α,β-unsaturated/α-hetero) is 1. The second-order valence-electron chi connectivity index (χ2n) is 3.99. The van der Waals surface area contributed by atoms with E-state index < -0.39 is 0 Å². The quantitative estimate of drug-likeness (QED) is 0.628. The maximum Gasteiger partial charge on any atom is 0.151 e. The van der Waals surface area contributed by atoms with Crippen LogP contribution in [0.5, 0.6) is 0 Å². The van der Waals surface area contributed by atoms with Crippen LogP contribution >= 0.6 is 0 Å². The second kappa shape index (κ2) is 6.96. The Morgan fingerprint density at radius 1 is 1.29 bits per heavy atom. The summed E-state index contributed by atoms with van der Waals surface area (Å²) in [6, 6.07) is 0.0744. The molecule has 1 rings (SSSR count). The molecule has 2 N–H and O–H groups in total. The fourth-order valence-corrected chi connectivity index (χ4v) is 1.78. The van der Waals surface area contributed by atoms with Crippen LogP contribution in [0.2, 0.25) is 0 Å². The summed E-state index contributed by atoms with van der Waals surface area (Å²) < 4.78 is 0. The zero-order valence-electron chi connectivity index (χ0n) is 9.14. The van der Waals surface area contributed by atoms with E-state index in [0.717, 1.165) is 32.5 Å². The van der Waals surface area contributed by atoms with Gasteiger partial charge in [0.15, 0.2) is 5.78 Å². The monoisotopic (exact) mass is 198 g/mol. The normalized spacial score (nSPS) is 22.2. The zero-order valence-corrected chi connectivity index (χ0v) is 9.14. The number of rotatable bonds is 6. The molecule has 0 aromatic heterocycles. The number of hydrogen-bond acceptors (Lipinski definition) is 3. The standard InChI is InChI=1S/C11H22N2O/c1-2-3-4-5-6-11(14)10-9-12-7-8-13-10/h10,12-13H,2-9H2,1H3. The minimum Gasteiger partial charge on any atom is -0.313 e. The van der Waals surface area contributed by atoms with Gasteiger partial charge in [0.05, 0.1) is 6.04 Å². The maximum absolute atomic E-state index is 11.7. The molecule has 1 heterocycles. The molecule has 0 aliphatic carbocycles. The summed E-state index contributed by atoms with van der Waals surface area (Å²) in [4.78, 5) is 11.7. The van der Waals surface area contributed by atoms with E-state index in [2.05, 4.69) is 17.6 Å². The van der Waals surface area contributed by atoms with Crippen molar-refractivity contribution < 1.29 is 4.79 Å². The van der Waals surface area contributed by atoms with Gasteiger partial charge in [-0.1, -0.05) is 26.2 Å². The zero-order chi connectivity index (χ0) is 10.2. The third-order valence-electron chi connectivity index (χ3n) is 2.71. The van der Waals surface area contributed by atoms with Gasteiger partial charge in [0.25, 0.3) is 0 Å². The minimum atomic E-state index is 0.0744. The highest BCUT2D eigenvalue weighted by Crippen LogP contribution is 2.05. The molecule has 0 aromatic carbocycles. The fraction of sp³-hybridized carbons (Fsp3) is 0.909. The lowest BCUT2D eigenvalue weighted by Gasteiger charge is -2.23. The minimum absolute atomic E-state index is 0.0744. The van der Waals surface area contributed by atoms with Crippen LogP contribution in [0.25, 0.3) is 0 Å². The Morgan fingerprint density at radius 3 is 2.79 bits per heavy atom. The molecule has 0 bridgehead atoms. The average molecular weight is 198 g/mol. The van der Waals surface area contributed by atoms with E-state index in [-0.39, 0.29) is 6.04 Å². The second-order valence-corrected chi connectivity index (χ2v) is 3.99. The van der Waals surface area contributed by atoms with Crippen LogP contribution in [0.4, 0.5) is 0 Å². The van der Waals surface area contributed by atoms with E-state index in [0.29, 0.717) is 5.78 Å². The molecule has 3 heteroatoms. The van der Waals surface area contributed by atoms with Crippen LogP contribution in [0.3, 0.4) is 0 Å². The lowest BCUT2D eigenvalue weighted by molar-refractivity contribution is -0.121. The first-order valence-electron chi connectivity index (χ1n) is 5.81. The van der Waals surface area contributed by atoms with E-state index in [1.54, 1.807) is 0 Å². The van der Waals surface area contributed by atoms with Crippen molar-refractivity contribution in [1.82, 2.24) is 10.6 Å². The molecule has 82 valence electrons. The van der Waals surface area contributed by atoms with Crippen LogP contribution < -0.4 is 10.6 Å². The van der Waals surface area contributed by atoms with Gasteiger partial charge < -0.3 is 10.6 Å². The van der Waals surface area contributed by atoms with Crippen LogP contribution in [-0.2, 0) is 4.79 Å².